The molecule has 0 saturated heterocycles. The number of nitrogens with two attached hydrogens (primary N) is 1. The van der Waals surface area contributed by atoms with Crippen molar-refractivity contribution in [2.75, 3.05) is 13.1 Å². The zero-order valence-electron chi connectivity index (χ0n) is 16.0. The molecule has 0 aromatic heterocycles. The molecule has 4 N–H and O–H groups in total. The Hall–Kier alpha value is -1.30. The lowest BCUT2D eigenvalue weighted by Crippen LogP contribution is -2.40. The predicted molar refractivity (Wildman–Crippen MR) is 128 cm³/mol. The molecule has 1 unspecified atom stereocenters. The third-order valence-corrected chi connectivity index (χ3v) is 5.65. The molecular weight excluding hydrogens is 507 g/mol. The van der Waals surface area contributed by atoms with Crippen LogP contribution in [0, 0.1) is 0 Å². The van der Waals surface area contributed by atoms with Gasteiger partial charge in [-0.15, -0.1) is 35.7 Å². The van der Waals surface area contributed by atoms with Crippen molar-refractivity contribution in [3.8, 4) is 0 Å². The number of sulfonamides is 1. The van der Waals surface area contributed by atoms with Gasteiger partial charge in [-0.2, -0.15) is 0 Å². The molecule has 0 radical (unpaired) electrons. The molecule has 0 aliphatic rings. The summed E-state index contributed by atoms with van der Waals surface area (Å²) in [5.74, 6) is 0.694. The second kappa shape index (κ2) is 12.3. The standard InChI is InChI=1S/C19H26N4O2S2.HI/c1-3-21-19(22-13-15(2)26-17-9-5-4-6-10-17)23-14-16-8-7-11-18(12-16)27(20,24)25;/h4-12,15H,3,13-14H2,1-2H3,(H2,20,24,25)(H2,21,22,23);1H. The average Bonchev–Trinajstić information content (AvgIpc) is 2.64. The van der Waals surface area contributed by atoms with E-state index in [4.69, 9.17) is 5.14 Å². The molecule has 0 aliphatic carbocycles. The van der Waals surface area contributed by atoms with Crippen LogP contribution in [0.5, 0.6) is 0 Å². The first kappa shape index (κ1) is 24.7. The van der Waals surface area contributed by atoms with E-state index in [1.54, 1.807) is 23.9 Å². The van der Waals surface area contributed by atoms with E-state index in [0.717, 1.165) is 18.7 Å². The average molecular weight is 534 g/mol. The Bertz CT molecular complexity index is 861. The van der Waals surface area contributed by atoms with E-state index in [2.05, 4.69) is 34.7 Å². The number of hydrogen-bond donors (Lipinski definition) is 3. The van der Waals surface area contributed by atoms with Gasteiger partial charge in [0.2, 0.25) is 10.0 Å². The number of thioether (sulfide) groups is 1. The summed E-state index contributed by atoms with van der Waals surface area (Å²) in [5.41, 5.74) is 0.783. The smallest absolute Gasteiger partial charge is 0.238 e. The molecule has 2 rings (SSSR count). The molecule has 2 aromatic rings. The van der Waals surface area contributed by atoms with E-state index in [1.165, 1.54) is 11.0 Å². The molecule has 0 bridgehead atoms. The minimum Gasteiger partial charge on any atom is -0.357 e. The fourth-order valence-corrected chi connectivity index (χ4v) is 3.88. The van der Waals surface area contributed by atoms with Gasteiger partial charge in [-0.1, -0.05) is 37.3 Å². The minimum absolute atomic E-state index is 0. The monoisotopic (exact) mass is 534 g/mol. The van der Waals surface area contributed by atoms with Crippen LogP contribution in [0.2, 0.25) is 0 Å². The van der Waals surface area contributed by atoms with Crippen molar-refractivity contribution in [1.82, 2.24) is 10.6 Å². The minimum atomic E-state index is -3.71. The van der Waals surface area contributed by atoms with Crippen LogP contribution in [-0.2, 0) is 16.6 Å². The number of guanidine groups is 1. The third-order valence-electron chi connectivity index (χ3n) is 3.63. The highest BCUT2D eigenvalue weighted by Crippen LogP contribution is 2.21. The van der Waals surface area contributed by atoms with E-state index in [0.29, 0.717) is 17.8 Å². The fraction of sp³-hybridized carbons (Fsp3) is 0.316. The first-order chi connectivity index (χ1) is 12.9. The number of nitrogens with zero attached hydrogens (tertiary/aromatic N) is 1. The molecule has 154 valence electrons. The summed E-state index contributed by atoms with van der Waals surface area (Å²) in [6, 6.07) is 16.8. The molecule has 0 aliphatic heterocycles. The van der Waals surface area contributed by atoms with Crippen LogP contribution in [0.3, 0.4) is 0 Å². The number of aliphatic imine (C=N–C) groups is 1. The van der Waals surface area contributed by atoms with Crippen LogP contribution >= 0.6 is 35.7 Å². The maximum atomic E-state index is 11.5. The molecule has 0 spiro atoms. The van der Waals surface area contributed by atoms with Crippen molar-refractivity contribution in [2.45, 2.75) is 35.4 Å². The lowest BCUT2D eigenvalue weighted by Gasteiger charge is -2.16. The molecule has 28 heavy (non-hydrogen) atoms. The largest absolute Gasteiger partial charge is 0.357 e. The number of benzene rings is 2. The summed E-state index contributed by atoms with van der Waals surface area (Å²) < 4.78 is 22.9. The van der Waals surface area contributed by atoms with Crippen LogP contribution < -0.4 is 15.8 Å². The molecule has 0 heterocycles. The van der Waals surface area contributed by atoms with Crippen LogP contribution in [0.1, 0.15) is 19.4 Å². The highest BCUT2D eigenvalue weighted by Gasteiger charge is 2.08. The van der Waals surface area contributed by atoms with Gasteiger partial charge in [0, 0.05) is 23.2 Å². The Morgan fingerprint density at radius 1 is 1.14 bits per heavy atom. The molecule has 0 amide bonds. The molecule has 0 fully saturated rings. The molecule has 6 nitrogen and oxygen atoms in total. The fourth-order valence-electron chi connectivity index (χ4n) is 2.35. The second-order valence-corrected chi connectivity index (χ2v) is 9.08. The molecule has 2 aromatic carbocycles. The Morgan fingerprint density at radius 2 is 1.86 bits per heavy atom. The third kappa shape index (κ3) is 8.80. The van der Waals surface area contributed by atoms with Crippen molar-refractivity contribution >= 4 is 51.7 Å². The zero-order chi connectivity index (χ0) is 19.7. The second-order valence-electron chi connectivity index (χ2n) is 6.01. The van der Waals surface area contributed by atoms with Gasteiger partial charge in [0.25, 0.3) is 0 Å². The van der Waals surface area contributed by atoms with Gasteiger partial charge in [-0.25, -0.2) is 18.5 Å². The number of halogens is 1. The number of rotatable bonds is 8. The topological polar surface area (TPSA) is 96.6 Å². The van der Waals surface area contributed by atoms with Crippen molar-refractivity contribution < 1.29 is 8.42 Å². The maximum absolute atomic E-state index is 11.5. The van der Waals surface area contributed by atoms with Gasteiger partial charge in [0.1, 0.15) is 0 Å². The summed E-state index contributed by atoms with van der Waals surface area (Å²) in [5, 5.41) is 12.1. The van der Waals surface area contributed by atoms with Gasteiger partial charge in [-0.05, 0) is 36.8 Å². The summed E-state index contributed by atoms with van der Waals surface area (Å²) in [7, 11) is -3.71. The lowest BCUT2D eigenvalue weighted by molar-refractivity contribution is 0.597. The van der Waals surface area contributed by atoms with Crippen molar-refractivity contribution in [3.63, 3.8) is 0 Å². The molecule has 9 heteroatoms. The van der Waals surface area contributed by atoms with E-state index in [1.807, 2.05) is 31.2 Å². The molecule has 0 saturated carbocycles. The summed E-state index contributed by atoms with van der Waals surface area (Å²) in [4.78, 5) is 5.86. The predicted octanol–water partition coefficient (Wildman–Crippen LogP) is 3.19. The van der Waals surface area contributed by atoms with Crippen LogP contribution in [0.25, 0.3) is 0 Å². The first-order valence-corrected chi connectivity index (χ1v) is 11.2. The van der Waals surface area contributed by atoms with Crippen LogP contribution in [-0.4, -0.2) is 32.7 Å². The van der Waals surface area contributed by atoms with E-state index < -0.39 is 10.0 Å². The Morgan fingerprint density at radius 3 is 2.50 bits per heavy atom. The maximum Gasteiger partial charge on any atom is 0.238 e. The van der Waals surface area contributed by atoms with E-state index in [-0.39, 0.29) is 28.9 Å². The quantitative estimate of drug-likeness (QED) is 0.209. The van der Waals surface area contributed by atoms with Crippen LogP contribution in [0.4, 0.5) is 0 Å². The number of hydrogen-bond acceptors (Lipinski definition) is 4. The van der Waals surface area contributed by atoms with Gasteiger partial charge < -0.3 is 10.6 Å². The number of primary sulfonamides is 1. The van der Waals surface area contributed by atoms with Gasteiger partial charge >= 0.3 is 0 Å². The zero-order valence-corrected chi connectivity index (χ0v) is 19.9. The molecular formula is C19H27IN4O2S2. The normalized spacial score (nSPS) is 12.8. The Kier molecular flexibility index (Phi) is 10.9. The van der Waals surface area contributed by atoms with Gasteiger partial charge in [-0.3, -0.25) is 0 Å². The highest BCUT2D eigenvalue weighted by molar-refractivity contribution is 14.0. The van der Waals surface area contributed by atoms with E-state index >= 15 is 0 Å². The van der Waals surface area contributed by atoms with Gasteiger partial charge in [0.15, 0.2) is 5.96 Å². The van der Waals surface area contributed by atoms with Gasteiger partial charge in [0.05, 0.1) is 11.4 Å². The first-order valence-electron chi connectivity index (χ1n) is 8.74. The summed E-state index contributed by atoms with van der Waals surface area (Å²) in [6.45, 7) is 6.01. The van der Waals surface area contributed by atoms with Crippen molar-refractivity contribution in [3.05, 3.63) is 60.2 Å². The van der Waals surface area contributed by atoms with Crippen LogP contribution in [0.15, 0.2) is 69.4 Å². The summed E-state index contributed by atoms with van der Waals surface area (Å²) in [6.07, 6.45) is 0. The summed E-state index contributed by atoms with van der Waals surface area (Å²) >= 11 is 1.80. The lowest BCUT2D eigenvalue weighted by atomic mass is 10.2. The highest BCUT2D eigenvalue weighted by atomic mass is 127. The molecule has 1 atom stereocenters. The Balaban J connectivity index is 0.00000392. The number of nitrogens with one attached hydrogen (secondary N) is 2. The Labute approximate surface area is 188 Å². The SMILES string of the molecule is CCNC(=NCc1cccc(S(N)(=O)=O)c1)NCC(C)Sc1ccccc1.I. The van der Waals surface area contributed by atoms with E-state index in [9.17, 15) is 8.42 Å². The van der Waals surface area contributed by atoms with Crippen molar-refractivity contribution in [1.29, 1.82) is 0 Å². The van der Waals surface area contributed by atoms with Crippen molar-refractivity contribution in [2.24, 2.45) is 10.1 Å².